The van der Waals surface area contributed by atoms with E-state index in [4.69, 9.17) is 14.9 Å². The molecule has 29 heavy (non-hydrogen) atoms. The molecule has 1 aromatic heterocycles. The highest BCUT2D eigenvalue weighted by Crippen LogP contribution is 2.09. The SMILES string of the molecule is CCCS(=O)(=O)CC[n+]1ccn(CC)c1OB(OC(=O)C(=O)O)OC(=O)C(=O)O. The zero-order valence-corrected chi connectivity index (χ0v) is 16.5. The molecule has 0 aliphatic rings. The van der Waals surface area contributed by atoms with Crippen molar-refractivity contribution in [3.05, 3.63) is 12.4 Å². The molecule has 13 nitrogen and oxygen atoms in total. The van der Waals surface area contributed by atoms with Crippen LogP contribution in [0.5, 0.6) is 6.01 Å². The van der Waals surface area contributed by atoms with E-state index in [1.54, 1.807) is 13.8 Å². The fraction of sp³-hybridized carbons (Fsp3) is 0.500. The Balaban J connectivity index is 3.11. The molecule has 2 N–H and O–H groups in total. The molecule has 0 amide bonds. The van der Waals surface area contributed by atoms with Gasteiger partial charge in [-0.2, -0.15) is 9.13 Å². The molecule has 0 unspecified atom stereocenters. The van der Waals surface area contributed by atoms with Gasteiger partial charge in [-0.05, 0) is 13.3 Å². The summed E-state index contributed by atoms with van der Waals surface area (Å²) in [6.45, 7) is 3.62. The number of aryl methyl sites for hydroxylation is 2. The number of carbonyl (C=O) groups is 4. The summed E-state index contributed by atoms with van der Waals surface area (Å²) in [5, 5.41) is 17.2. The summed E-state index contributed by atoms with van der Waals surface area (Å²) in [5.41, 5.74) is 0. The van der Waals surface area contributed by atoms with Gasteiger partial charge in [-0.1, -0.05) is 6.92 Å². The predicted octanol–water partition coefficient (Wildman–Crippen LogP) is -1.76. The lowest BCUT2D eigenvalue weighted by molar-refractivity contribution is -0.695. The van der Waals surface area contributed by atoms with E-state index < -0.39 is 41.0 Å². The van der Waals surface area contributed by atoms with Gasteiger partial charge in [-0.25, -0.2) is 27.6 Å². The van der Waals surface area contributed by atoms with E-state index in [1.807, 2.05) is 0 Å². The van der Waals surface area contributed by atoms with Gasteiger partial charge in [0.1, 0.15) is 18.9 Å². The monoisotopic (exact) mass is 435 g/mol. The topological polar surface area (TPSA) is 179 Å². The van der Waals surface area contributed by atoms with E-state index in [0.717, 1.165) is 0 Å². The van der Waals surface area contributed by atoms with Gasteiger partial charge >= 0.3 is 37.2 Å². The zero-order valence-electron chi connectivity index (χ0n) is 15.6. The number of hydrogen-bond acceptors (Lipinski definition) is 9. The number of carboxylic acid groups (broad SMARTS) is 2. The highest BCUT2D eigenvalue weighted by Gasteiger charge is 2.42. The summed E-state index contributed by atoms with van der Waals surface area (Å²) in [5.74, 6) is -8.05. The van der Waals surface area contributed by atoms with Crippen LogP contribution in [-0.2, 0) is 51.4 Å². The minimum Gasteiger partial charge on any atom is -0.473 e. The van der Waals surface area contributed by atoms with E-state index in [1.165, 1.54) is 21.5 Å². The third-order valence-corrected chi connectivity index (χ3v) is 5.21. The van der Waals surface area contributed by atoms with Crippen LogP contribution >= 0.6 is 0 Å². The first-order valence-corrected chi connectivity index (χ1v) is 10.2. The van der Waals surface area contributed by atoms with E-state index >= 15 is 0 Å². The van der Waals surface area contributed by atoms with Gasteiger partial charge in [-0.15, -0.1) is 0 Å². The average Bonchev–Trinajstić information content (AvgIpc) is 3.01. The van der Waals surface area contributed by atoms with Crippen LogP contribution in [0.2, 0.25) is 0 Å². The van der Waals surface area contributed by atoms with Gasteiger partial charge < -0.3 is 24.2 Å². The number of imidazole rings is 1. The van der Waals surface area contributed by atoms with Gasteiger partial charge in [-0.3, -0.25) is 0 Å². The molecule has 160 valence electrons. The molecule has 0 spiro atoms. The second-order valence-corrected chi connectivity index (χ2v) is 7.84. The van der Waals surface area contributed by atoms with Crippen LogP contribution in [-0.4, -0.2) is 65.9 Å². The first kappa shape index (κ1) is 23.9. The van der Waals surface area contributed by atoms with E-state index in [2.05, 4.69) is 9.31 Å². The summed E-state index contributed by atoms with van der Waals surface area (Å²) < 4.78 is 40.4. The molecule has 0 fully saturated rings. The summed E-state index contributed by atoms with van der Waals surface area (Å²) >= 11 is 0. The normalized spacial score (nSPS) is 10.8. The smallest absolute Gasteiger partial charge is 0.473 e. The minimum atomic E-state index is -3.34. The lowest BCUT2D eigenvalue weighted by atomic mass is 10.2. The third-order valence-electron chi connectivity index (χ3n) is 3.37. The number of nitrogens with zero attached hydrogens (tertiary/aromatic N) is 2. The summed E-state index contributed by atoms with van der Waals surface area (Å²) in [6.07, 6.45) is 3.36. The standard InChI is InChI=1S/C14H19BN2O11S/c1-3-8-29(24,25)9-7-17-6-5-16(4-2)14(17)28-15(26-12(22)10(18)19)27-13(23)11(20)21/h5-6H,3-4,7-9H2,1-2H3,(H-,18,19,20,21)/p+1. The fourth-order valence-corrected chi connectivity index (χ4v) is 3.39. The molecule has 15 heteroatoms. The Morgan fingerprint density at radius 3 is 2.07 bits per heavy atom. The Morgan fingerprint density at radius 1 is 1.07 bits per heavy atom. The van der Waals surface area contributed by atoms with Crippen molar-refractivity contribution in [1.29, 1.82) is 0 Å². The van der Waals surface area contributed by atoms with Crippen LogP contribution in [0, 0.1) is 0 Å². The van der Waals surface area contributed by atoms with E-state index in [-0.39, 0.29) is 30.6 Å². The lowest BCUT2D eigenvalue weighted by Gasteiger charge is -2.11. The highest BCUT2D eigenvalue weighted by atomic mass is 32.2. The van der Waals surface area contributed by atoms with Crippen molar-refractivity contribution < 1.29 is 56.3 Å². The van der Waals surface area contributed by atoms with Crippen LogP contribution in [0.1, 0.15) is 20.3 Å². The molecule has 0 bridgehead atoms. The van der Waals surface area contributed by atoms with Crippen LogP contribution < -0.4 is 9.22 Å². The Labute approximate surface area is 165 Å². The third kappa shape index (κ3) is 7.44. The number of hydrogen-bond donors (Lipinski definition) is 2. The Kier molecular flexibility index (Phi) is 8.63. The Bertz CT molecular complexity index is 852. The van der Waals surface area contributed by atoms with Gasteiger partial charge in [0.25, 0.3) is 0 Å². The molecule has 0 saturated heterocycles. The van der Waals surface area contributed by atoms with Crippen LogP contribution in [0.4, 0.5) is 0 Å². The van der Waals surface area contributed by atoms with Gasteiger partial charge in [0, 0.05) is 0 Å². The van der Waals surface area contributed by atoms with Crippen LogP contribution in [0.3, 0.4) is 0 Å². The first-order valence-electron chi connectivity index (χ1n) is 8.34. The molecule has 1 aromatic rings. The first-order chi connectivity index (χ1) is 13.5. The zero-order chi connectivity index (χ0) is 22.2. The highest BCUT2D eigenvalue weighted by molar-refractivity contribution is 7.91. The second kappa shape index (κ2) is 10.4. The number of carboxylic acids is 2. The molecule has 0 radical (unpaired) electrons. The van der Waals surface area contributed by atoms with Gasteiger partial charge in [0.05, 0.1) is 18.1 Å². The Morgan fingerprint density at radius 2 is 1.62 bits per heavy atom. The van der Waals surface area contributed by atoms with Crippen molar-refractivity contribution in [3.63, 3.8) is 0 Å². The van der Waals surface area contributed by atoms with E-state index in [9.17, 15) is 27.6 Å². The molecule has 0 aliphatic heterocycles. The van der Waals surface area contributed by atoms with Crippen molar-refractivity contribution in [2.24, 2.45) is 0 Å². The molecule has 0 aliphatic carbocycles. The molecule has 0 aromatic carbocycles. The molecule has 1 rings (SSSR count). The number of aromatic nitrogens is 2. The van der Waals surface area contributed by atoms with Crippen molar-refractivity contribution >= 4 is 41.0 Å². The second-order valence-electron chi connectivity index (χ2n) is 5.54. The summed E-state index contributed by atoms with van der Waals surface area (Å²) in [7, 11) is -5.68. The molecule has 1 heterocycles. The molecule has 0 atom stereocenters. The van der Waals surface area contributed by atoms with Gasteiger partial charge in [0.2, 0.25) is 0 Å². The van der Waals surface area contributed by atoms with E-state index in [0.29, 0.717) is 6.42 Å². The average molecular weight is 435 g/mol. The molecular formula is C14H20BN2O11S+. The number of aliphatic carboxylic acids is 2. The lowest BCUT2D eigenvalue weighted by Crippen LogP contribution is -2.45. The van der Waals surface area contributed by atoms with Crippen molar-refractivity contribution in [3.8, 4) is 6.01 Å². The van der Waals surface area contributed by atoms with Crippen molar-refractivity contribution in [1.82, 2.24) is 4.57 Å². The maximum Gasteiger partial charge on any atom is 0.873 e. The Hall–Kier alpha value is -3.10. The minimum absolute atomic E-state index is 0.0205. The number of sulfone groups is 1. The van der Waals surface area contributed by atoms with Crippen LogP contribution in [0.15, 0.2) is 12.4 Å². The number of carbonyl (C=O) groups excluding carboxylic acids is 2. The summed E-state index contributed by atoms with van der Waals surface area (Å²) in [4.78, 5) is 43.9. The maximum atomic E-state index is 11.9. The molecular weight excluding hydrogens is 415 g/mol. The molecule has 0 saturated carbocycles. The fourth-order valence-electron chi connectivity index (χ4n) is 2.08. The maximum absolute atomic E-state index is 11.9. The van der Waals surface area contributed by atoms with Crippen molar-refractivity contribution in [2.75, 3.05) is 11.5 Å². The number of rotatable bonds is 10. The summed E-state index contributed by atoms with van der Waals surface area (Å²) in [6, 6.07) is -0.152. The predicted molar refractivity (Wildman–Crippen MR) is 93.1 cm³/mol. The van der Waals surface area contributed by atoms with Crippen molar-refractivity contribution in [2.45, 2.75) is 33.4 Å². The van der Waals surface area contributed by atoms with Gasteiger partial charge in [0.15, 0.2) is 9.84 Å². The van der Waals surface area contributed by atoms with Crippen LogP contribution in [0.25, 0.3) is 0 Å². The quantitative estimate of drug-likeness (QED) is 0.241. The largest absolute Gasteiger partial charge is 0.873 e.